The molecule has 1 saturated heterocycles. The standard InChI is InChI=1S/C21H27N3O2/c25-20(17-24-15-9-6-12-21(24)26)22-16-19(18-10-4-3-5-11-18)23-13-7-1-2-8-14-23/h3-6,9-12,15,19H,1-2,7-8,13-14,16-17H2,(H,22,25)/t19-/m1/s1. The highest BCUT2D eigenvalue weighted by atomic mass is 16.2. The maximum absolute atomic E-state index is 12.4. The van der Waals surface area contributed by atoms with Crippen LogP contribution in [0.3, 0.4) is 0 Å². The van der Waals surface area contributed by atoms with Gasteiger partial charge in [-0.1, -0.05) is 49.2 Å². The van der Waals surface area contributed by atoms with Gasteiger partial charge in [0.05, 0.1) is 6.04 Å². The van der Waals surface area contributed by atoms with E-state index in [0.29, 0.717) is 6.54 Å². The molecular weight excluding hydrogens is 326 g/mol. The topological polar surface area (TPSA) is 54.3 Å². The molecule has 1 atom stereocenters. The Labute approximate surface area is 154 Å². The van der Waals surface area contributed by atoms with Gasteiger partial charge in [-0.3, -0.25) is 14.5 Å². The monoisotopic (exact) mass is 353 g/mol. The number of nitrogens with one attached hydrogen (secondary N) is 1. The first-order valence-corrected chi connectivity index (χ1v) is 9.45. The van der Waals surface area contributed by atoms with E-state index in [4.69, 9.17) is 0 Å². The molecule has 5 nitrogen and oxygen atoms in total. The van der Waals surface area contributed by atoms with Gasteiger partial charge >= 0.3 is 0 Å². The molecule has 0 unspecified atom stereocenters. The van der Waals surface area contributed by atoms with E-state index in [-0.39, 0.29) is 24.1 Å². The number of likely N-dealkylation sites (tertiary alicyclic amines) is 1. The molecule has 2 aromatic rings. The number of rotatable bonds is 6. The summed E-state index contributed by atoms with van der Waals surface area (Å²) in [6.07, 6.45) is 6.61. The molecule has 0 spiro atoms. The molecule has 1 amide bonds. The Morgan fingerprint density at radius 3 is 2.35 bits per heavy atom. The van der Waals surface area contributed by atoms with Crippen molar-refractivity contribution in [1.29, 1.82) is 0 Å². The van der Waals surface area contributed by atoms with Crippen LogP contribution in [0.15, 0.2) is 59.5 Å². The molecule has 138 valence electrons. The molecule has 1 aliphatic rings. The fourth-order valence-corrected chi connectivity index (χ4v) is 3.55. The van der Waals surface area contributed by atoms with Gasteiger partial charge in [0.1, 0.15) is 6.54 Å². The van der Waals surface area contributed by atoms with Gasteiger partial charge in [0.15, 0.2) is 0 Å². The Kier molecular flexibility index (Phi) is 6.61. The van der Waals surface area contributed by atoms with Crippen molar-refractivity contribution in [3.8, 4) is 0 Å². The minimum absolute atomic E-state index is 0.0567. The maximum Gasteiger partial charge on any atom is 0.250 e. The highest BCUT2D eigenvalue weighted by Crippen LogP contribution is 2.23. The van der Waals surface area contributed by atoms with Crippen LogP contribution < -0.4 is 10.9 Å². The van der Waals surface area contributed by atoms with Gasteiger partial charge in [0.25, 0.3) is 5.56 Å². The minimum atomic E-state index is -0.158. The summed E-state index contributed by atoms with van der Waals surface area (Å²) in [6, 6.07) is 15.5. The number of carbonyl (C=O) groups is 1. The van der Waals surface area contributed by atoms with Gasteiger partial charge in [-0.2, -0.15) is 0 Å². The first-order chi connectivity index (χ1) is 12.7. The van der Waals surface area contributed by atoms with Crippen LogP contribution in [0.2, 0.25) is 0 Å². The average molecular weight is 353 g/mol. The SMILES string of the molecule is O=C(Cn1ccccc1=O)NC[C@H](c1ccccc1)N1CCCCCC1. The number of benzene rings is 1. The summed E-state index contributed by atoms with van der Waals surface area (Å²) in [6.45, 7) is 2.74. The van der Waals surface area contributed by atoms with Gasteiger partial charge in [-0.05, 0) is 37.6 Å². The van der Waals surface area contributed by atoms with Gasteiger partial charge in [0.2, 0.25) is 5.91 Å². The number of pyridine rings is 1. The van der Waals surface area contributed by atoms with Crippen molar-refractivity contribution < 1.29 is 4.79 Å². The molecule has 5 heteroatoms. The summed E-state index contributed by atoms with van der Waals surface area (Å²) in [5.41, 5.74) is 1.07. The summed E-state index contributed by atoms with van der Waals surface area (Å²) in [5.74, 6) is -0.131. The Bertz CT molecular complexity index is 749. The maximum atomic E-state index is 12.4. The van der Waals surface area contributed by atoms with Gasteiger partial charge in [-0.25, -0.2) is 0 Å². The molecule has 0 saturated carbocycles. The molecular formula is C21H27N3O2. The second-order valence-corrected chi connectivity index (χ2v) is 6.85. The molecule has 1 aromatic heterocycles. The number of hydrogen-bond acceptors (Lipinski definition) is 3. The van der Waals surface area contributed by atoms with Gasteiger partial charge in [-0.15, -0.1) is 0 Å². The van der Waals surface area contributed by atoms with Crippen molar-refractivity contribution in [1.82, 2.24) is 14.8 Å². The van der Waals surface area contributed by atoms with Crippen LogP contribution in [0.5, 0.6) is 0 Å². The molecule has 0 radical (unpaired) electrons. The number of nitrogens with zero attached hydrogens (tertiary/aromatic N) is 2. The molecule has 26 heavy (non-hydrogen) atoms. The molecule has 1 aliphatic heterocycles. The highest BCUT2D eigenvalue weighted by Gasteiger charge is 2.22. The fourth-order valence-electron chi connectivity index (χ4n) is 3.55. The first-order valence-electron chi connectivity index (χ1n) is 9.45. The summed E-state index contributed by atoms with van der Waals surface area (Å²) in [5, 5.41) is 3.03. The smallest absolute Gasteiger partial charge is 0.250 e. The van der Waals surface area contributed by atoms with Crippen LogP contribution >= 0.6 is 0 Å². The molecule has 1 fully saturated rings. The van der Waals surface area contributed by atoms with Crippen LogP contribution in [0.1, 0.15) is 37.3 Å². The number of carbonyl (C=O) groups excluding carboxylic acids is 1. The van der Waals surface area contributed by atoms with Crippen LogP contribution in [0.25, 0.3) is 0 Å². The van der Waals surface area contributed by atoms with Crippen LogP contribution in [0.4, 0.5) is 0 Å². The van der Waals surface area contributed by atoms with E-state index in [2.05, 4.69) is 22.3 Å². The predicted molar refractivity (Wildman–Crippen MR) is 103 cm³/mol. The number of aromatic nitrogens is 1. The summed E-state index contributed by atoms with van der Waals surface area (Å²) < 4.78 is 1.43. The first kappa shape index (κ1) is 18.4. The zero-order chi connectivity index (χ0) is 18.2. The molecule has 2 heterocycles. The minimum Gasteiger partial charge on any atom is -0.353 e. The third-order valence-electron chi connectivity index (χ3n) is 4.97. The largest absolute Gasteiger partial charge is 0.353 e. The van der Waals surface area contributed by atoms with Crippen molar-refractivity contribution >= 4 is 5.91 Å². The molecule has 1 aromatic carbocycles. The average Bonchev–Trinajstić information content (AvgIpc) is 2.94. The van der Waals surface area contributed by atoms with E-state index >= 15 is 0 Å². The van der Waals surface area contributed by atoms with E-state index in [9.17, 15) is 9.59 Å². The lowest BCUT2D eigenvalue weighted by Crippen LogP contribution is -2.40. The third kappa shape index (κ3) is 5.05. The second kappa shape index (κ2) is 9.34. The summed E-state index contributed by atoms with van der Waals surface area (Å²) in [7, 11) is 0. The van der Waals surface area contributed by atoms with E-state index in [1.54, 1.807) is 18.3 Å². The Hall–Kier alpha value is -2.40. The van der Waals surface area contributed by atoms with E-state index < -0.39 is 0 Å². The van der Waals surface area contributed by atoms with E-state index in [1.807, 2.05) is 18.2 Å². The molecule has 3 rings (SSSR count). The molecule has 0 bridgehead atoms. The molecule has 1 N–H and O–H groups in total. The Balaban J connectivity index is 1.66. The second-order valence-electron chi connectivity index (χ2n) is 6.85. The quantitative estimate of drug-likeness (QED) is 0.868. The Morgan fingerprint density at radius 2 is 1.65 bits per heavy atom. The zero-order valence-electron chi connectivity index (χ0n) is 15.1. The normalized spacial score (nSPS) is 16.6. The van der Waals surface area contributed by atoms with Gasteiger partial charge in [0, 0.05) is 18.8 Å². The van der Waals surface area contributed by atoms with Crippen LogP contribution in [-0.2, 0) is 11.3 Å². The number of amides is 1. The van der Waals surface area contributed by atoms with E-state index in [0.717, 1.165) is 13.1 Å². The lowest BCUT2D eigenvalue weighted by molar-refractivity contribution is -0.122. The fraction of sp³-hybridized carbons (Fsp3) is 0.429. The highest BCUT2D eigenvalue weighted by molar-refractivity contribution is 5.75. The zero-order valence-corrected chi connectivity index (χ0v) is 15.1. The number of hydrogen-bond donors (Lipinski definition) is 1. The van der Waals surface area contributed by atoms with Crippen molar-refractivity contribution in [3.05, 3.63) is 70.6 Å². The van der Waals surface area contributed by atoms with E-state index in [1.165, 1.54) is 41.9 Å². The predicted octanol–water partition coefficient (Wildman–Crippen LogP) is 2.58. The summed E-state index contributed by atoms with van der Waals surface area (Å²) in [4.78, 5) is 26.6. The molecule has 0 aliphatic carbocycles. The van der Waals surface area contributed by atoms with Crippen molar-refractivity contribution in [2.24, 2.45) is 0 Å². The van der Waals surface area contributed by atoms with Crippen molar-refractivity contribution in [3.63, 3.8) is 0 Å². The van der Waals surface area contributed by atoms with Crippen LogP contribution in [-0.4, -0.2) is 35.0 Å². The van der Waals surface area contributed by atoms with Crippen molar-refractivity contribution in [2.75, 3.05) is 19.6 Å². The lowest BCUT2D eigenvalue weighted by Gasteiger charge is -2.31. The Morgan fingerprint density at radius 1 is 0.962 bits per heavy atom. The van der Waals surface area contributed by atoms with Crippen molar-refractivity contribution in [2.45, 2.75) is 38.3 Å². The third-order valence-corrected chi connectivity index (χ3v) is 4.97. The van der Waals surface area contributed by atoms with Gasteiger partial charge < -0.3 is 9.88 Å². The van der Waals surface area contributed by atoms with Crippen LogP contribution in [0, 0.1) is 0 Å². The lowest BCUT2D eigenvalue weighted by atomic mass is 10.0. The summed E-state index contributed by atoms with van der Waals surface area (Å²) >= 11 is 0.